The van der Waals surface area contributed by atoms with E-state index >= 15 is 0 Å². The summed E-state index contributed by atoms with van der Waals surface area (Å²) in [5, 5.41) is 0. The van der Waals surface area contributed by atoms with E-state index in [1.165, 1.54) is 5.56 Å². The van der Waals surface area contributed by atoms with Crippen LogP contribution in [0.4, 0.5) is 0 Å². The number of nitrogens with one attached hydrogen (secondary N) is 1. The first-order valence-corrected chi connectivity index (χ1v) is 6.60. The standard InChI is InChI=1S/C17H21NO/c1-11-12(2)18-15(10-16(11)19)13-6-8-14(9-7-13)17(3,4)5/h6-10H,1-5H3,(H,18,19). The highest BCUT2D eigenvalue weighted by atomic mass is 16.1. The molecule has 0 spiro atoms. The number of aromatic nitrogens is 1. The molecule has 2 rings (SSSR count). The molecule has 2 heteroatoms. The lowest BCUT2D eigenvalue weighted by Crippen LogP contribution is -2.11. The average Bonchev–Trinajstić information content (AvgIpc) is 2.34. The molecular formula is C17H21NO. The fourth-order valence-corrected chi connectivity index (χ4v) is 2.06. The summed E-state index contributed by atoms with van der Waals surface area (Å²) in [5.74, 6) is 0. The highest BCUT2D eigenvalue weighted by molar-refractivity contribution is 5.60. The van der Waals surface area contributed by atoms with Gasteiger partial charge in [0.05, 0.1) is 0 Å². The molecule has 19 heavy (non-hydrogen) atoms. The minimum Gasteiger partial charge on any atom is -0.358 e. The van der Waals surface area contributed by atoms with Crippen molar-refractivity contribution in [2.45, 2.75) is 40.0 Å². The van der Waals surface area contributed by atoms with E-state index in [0.29, 0.717) is 0 Å². The Morgan fingerprint density at radius 3 is 2.05 bits per heavy atom. The molecule has 2 nitrogen and oxygen atoms in total. The summed E-state index contributed by atoms with van der Waals surface area (Å²) in [6.45, 7) is 10.4. The van der Waals surface area contributed by atoms with Gasteiger partial charge in [-0.15, -0.1) is 0 Å². The molecule has 0 atom stereocenters. The summed E-state index contributed by atoms with van der Waals surface area (Å²) < 4.78 is 0. The van der Waals surface area contributed by atoms with Crippen molar-refractivity contribution in [1.29, 1.82) is 0 Å². The number of pyridine rings is 1. The average molecular weight is 255 g/mol. The van der Waals surface area contributed by atoms with Crippen LogP contribution in [0.2, 0.25) is 0 Å². The van der Waals surface area contributed by atoms with E-state index in [-0.39, 0.29) is 10.8 Å². The van der Waals surface area contributed by atoms with Crippen molar-refractivity contribution in [3.63, 3.8) is 0 Å². The quantitative estimate of drug-likeness (QED) is 0.822. The maximum Gasteiger partial charge on any atom is 0.185 e. The van der Waals surface area contributed by atoms with Crippen LogP contribution >= 0.6 is 0 Å². The first kappa shape index (κ1) is 13.6. The van der Waals surface area contributed by atoms with Crippen molar-refractivity contribution < 1.29 is 0 Å². The first-order valence-electron chi connectivity index (χ1n) is 6.60. The van der Waals surface area contributed by atoms with Crippen LogP contribution in [0.15, 0.2) is 35.1 Å². The summed E-state index contributed by atoms with van der Waals surface area (Å²) in [5.41, 5.74) is 5.18. The number of hydrogen-bond acceptors (Lipinski definition) is 1. The molecular weight excluding hydrogens is 234 g/mol. The zero-order valence-electron chi connectivity index (χ0n) is 12.3. The minimum atomic E-state index is 0.0890. The Balaban J connectivity index is 2.46. The molecule has 0 unspecified atom stereocenters. The molecule has 0 amide bonds. The zero-order chi connectivity index (χ0) is 14.2. The first-order chi connectivity index (χ1) is 8.79. The van der Waals surface area contributed by atoms with E-state index in [0.717, 1.165) is 22.5 Å². The number of benzene rings is 1. The molecule has 0 aliphatic heterocycles. The van der Waals surface area contributed by atoms with Gasteiger partial charge in [-0.3, -0.25) is 4.79 Å². The second-order valence-electron chi connectivity index (χ2n) is 6.12. The predicted octanol–water partition coefficient (Wildman–Crippen LogP) is 3.96. The Morgan fingerprint density at radius 2 is 1.58 bits per heavy atom. The Kier molecular flexibility index (Phi) is 3.36. The number of aromatic amines is 1. The third kappa shape index (κ3) is 2.78. The molecule has 1 aromatic carbocycles. The molecule has 0 saturated heterocycles. The molecule has 100 valence electrons. The smallest absolute Gasteiger partial charge is 0.185 e. The van der Waals surface area contributed by atoms with Crippen molar-refractivity contribution in [2.75, 3.05) is 0 Å². The topological polar surface area (TPSA) is 32.9 Å². The molecule has 0 aliphatic carbocycles. The molecule has 2 aromatic rings. The van der Waals surface area contributed by atoms with Crippen LogP contribution in [0.5, 0.6) is 0 Å². The molecule has 0 aliphatic rings. The van der Waals surface area contributed by atoms with Gasteiger partial charge in [-0.05, 0) is 30.4 Å². The zero-order valence-corrected chi connectivity index (χ0v) is 12.3. The van der Waals surface area contributed by atoms with Gasteiger partial charge in [0.15, 0.2) is 5.43 Å². The van der Waals surface area contributed by atoms with E-state index in [1.807, 2.05) is 13.8 Å². The summed E-state index contributed by atoms with van der Waals surface area (Å²) in [6.07, 6.45) is 0. The maximum atomic E-state index is 11.8. The van der Waals surface area contributed by atoms with Gasteiger partial charge in [0, 0.05) is 23.0 Å². The molecule has 0 fully saturated rings. The number of aryl methyl sites for hydroxylation is 1. The van der Waals surface area contributed by atoms with Crippen LogP contribution in [0.1, 0.15) is 37.6 Å². The third-order valence-electron chi connectivity index (χ3n) is 3.59. The Morgan fingerprint density at radius 1 is 1.00 bits per heavy atom. The SMILES string of the molecule is Cc1[nH]c(-c2ccc(C(C)(C)C)cc2)cc(=O)c1C. The van der Waals surface area contributed by atoms with E-state index < -0.39 is 0 Å². The normalized spacial score (nSPS) is 11.6. The molecule has 1 N–H and O–H groups in total. The Bertz CT molecular complexity index is 642. The lowest BCUT2D eigenvalue weighted by atomic mass is 9.86. The molecule has 0 saturated carbocycles. The van der Waals surface area contributed by atoms with Gasteiger partial charge >= 0.3 is 0 Å². The van der Waals surface area contributed by atoms with Crippen LogP contribution in [0, 0.1) is 13.8 Å². The predicted molar refractivity (Wildman–Crippen MR) is 80.7 cm³/mol. The summed E-state index contributed by atoms with van der Waals surface area (Å²) in [6, 6.07) is 10.1. The van der Waals surface area contributed by atoms with Crippen LogP contribution in [-0.4, -0.2) is 4.98 Å². The fraction of sp³-hybridized carbons (Fsp3) is 0.353. The van der Waals surface area contributed by atoms with E-state index in [4.69, 9.17) is 0 Å². The van der Waals surface area contributed by atoms with Crippen LogP contribution in [0.25, 0.3) is 11.3 Å². The van der Waals surface area contributed by atoms with Crippen LogP contribution < -0.4 is 5.43 Å². The van der Waals surface area contributed by atoms with Crippen molar-refractivity contribution in [3.05, 3.63) is 57.4 Å². The summed E-state index contributed by atoms with van der Waals surface area (Å²) >= 11 is 0. The second-order valence-corrected chi connectivity index (χ2v) is 6.12. The van der Waals surface area contributed by atoms with E-state index in [1.54, 1.807) is 6.07 Å². The van der Waals surface area contributed by atoms with Gasteiger partial charge in [-0.2, -0.15) is 0 Å². The van der Waals surface area contributed by atoms with Gasteiger partial charge in [-0.25, -0.2) is 0 Å². The molecule has 0 bridgehead atoms. The monoisotopic (exact) mass is 255 g/mol. The van der Waals surface area contributed by atoms with Gasteiger partial charge in [0.2, 0.25) is 0 Å². The second kappa shape index (κ2) is 4.69. The fourth-order valence-electron chi connectivity index (χ4n) is 2.06. The minimum absolute atomic E-state index is 0.0890. The molecule has 1 aromatic heterocycles. The number of H-pyrrole nitrogens is 1. The highest BCUT2D eigenvalue weighted by Crippen LogP contribution is 2.25. The largest absolute Gasteiger partial charge is 0.358 e. The molecule has 0 radical (unpaired) electrons. The third-order valence-corrected chi connectivity index (χ3v) is 3.59. The lowest BCUT2D eigenvalue weighted by molar-refractivity contribution is 0.590. The molecule has 1 heterocycles. The van der Waals surface area contributed by atoms with Gasteiger partial charge < -0.3 is 4.98 Å². The lowest BCUT2D eigenvalue weighted by Gasteiger charge is -2.19. The van der Waals surface area contributed by atoms with Gasteiger partial charge in [-0.1, -0.05) is 45.0 Å². The van der Waals surface area contributed by atoms with E-state index in [9.17, 15) is 4.79 Å². The van der Waals surface area contributed by atoms with Crippen molar-refractivity contribution in [1.82, 2.24) is 4.98 Å². The van der Waals surface area contributed by atoms with Crippen LogP contribution in [0.3, 0.4) is 0 Å². The Hall–Kier alpha value is -1.83. The van der Waals surface area contributed by atoms with Gasteiger partial charge in [0.25, 0.3) is 0 Å². The highest BCUT2D eigenvalue weighted by Gasteiger charge is 2.13. The van der Waals surface area contributed by atoms with E-state index in [2.05, 4.69) is 50.0 Å². The Labute approximate surface area is 114 Å². The summed E-state index contributed by atoms with van der Waals surface area (Å²) in [4.78, 5) is 15.1. The number of rotatable bonds is 1. The van der Waals surface area contributed by atoms with Gasteiger partial charge in [0.1, 0.15) is 0 Å². The van der Waals surface area contributed by atoms with Crippen molar-refractivity contribution >= 4 is 0 Å². The number of hydrogen-bond donors (Lipinski definition) is 1. The van der Waals surface area contributed by atoms with Crippen LogP contribution in [-0.2, 0) is 5.41 Å². The van der Waals surface area contributed by atoms with Crippen molar-refractivity contribution in [2.24, 2.45) is 0 Å². The summed E-state index contributed by atoms with van der Waals surface area (Å²) in [7, 11) is 0. The maximum absolute atomic E-state index is 11.8. The van der Waals surface area contributed by atoms with Crippen molar-refractivity contribution in [3.8, 4) is 11.3 Å².